The number of nitrogens with zero attached hydrogens (tertiary/aromatic N) is 4. The molecule has 5 heteroatoms. The Kier molecular flexibility index (Phi) is 2.38. The summed E-state index contributed by atoms with van der Waals surface area (Å²) in [5.41, 5.74) is 6.90. The van der Waals surface area contributed by atoms with Gasteiger partial charge in [0, 0.05) is 24.8 Å². The van der Waals surface area contributed by atoms with Crippen LogP contribution in [-0.2, 0) is 0 Å². The van der Waals surface area contributed by atoms with Gasteiger partial charge in [0.25, 0.3) is 0 Å². The Morgan fingerprint density at radius 1 is 1.53 bits per heavy atom. The fraction of sp³-hybridized carbons (Fsp3) is 0.600. The molecule has 0 radical (unpaired) electrons. The van der Waals surface area contributed by atoms with Crippen LogP contribution in [0.5, 0.6) is 0 Å². The lowest BCUT2D eigenvalue weighted by Gasteiger charge is -2.19. The van der Waals surface area contributed by atoms with Crippen molar-refractivity contribution in [3.63, 3.8) is 0 Å². The molecule has 0 spiro atoms. The number of rotatable bonds is 2. The van der Waals surface area contributed by atoms with Crippen LogP contribution in [0.2, 0.25) is 0 Å². The lowest BCUT2D eigenvalue weighted by molar-refractivity contribution is 0.413. The van der Waals surface area contributed by atoms with Crippen molar-refractivity contribution in [2.45, 2.75) is 25.9 Å². The van der Waals surface area contributed by atoms with Crippen LogP contribution in [0, 0.1) is 0 Å². The van der Waals surface area contributed by atoms with Gasteiger partial charge >= 0.3 is 0 Å². The van der Waals surface area contributed by atoms with E-state index in [0.29, 0.717) is 12.0 Å². The van der Waals surface area contributed by atoms with E-state index in [1.165, 1.54) is 5.56 Å². The minimum Gasteiger partial charge on any atom is -0.370 e. The van der Waals surface area contributed by atoms with Crippen molar-refractivity contribution in [1.82, 2.24) is 14.7 Å². The van der Waals surface area contributed by atoms with E-state index in [9.17, 15) is 0 Å². The summed E-state index contributed by atoms with van der Waals surface area (Å²) in [6.45, 7) is 4.95. The standard InChI is InChI=1S/C10H17N5/c1-7(2)15-6-8(4-13-15)9-5-12-10(11)14(9)3/h4,6-7,9H,5H2,1-3H3,(H2,11,12). The molecule has 1 aromatic rings. The first-order valence-corrected chi connectivity index (χ1v) is 5.16. The first-order valence-electron chi connectivity index (χ1n) is 5.16. The van der Waals surface area contributed by atoms with Gasteiger partial charge in [-0.25, -0.2) is 0 Å². The Bertz CT molecular complexity index is 379. The zero-order chi connectivity index (χ0) is 11.0. The number of hydrogen-bond acceptors (Lipinski definition) is 4. The van der Waals surface area contributed by atoms with Crippen LogP contribution in [0.4, 0.5) is 0 Å². The van der Waals surface area contributed by atoms with E-state index < -0.39 is 0 Å². The molecule has 2 heterocycles. The maximum absolute atomic E-state index is 5.72. The van der Waals surface area contributed by atoms with Crippen LogP contribution < -0.4 is 5.73 Å². The summed E-state index contributed by atoms with van der Waals surface area (Å²) in [4.78, 5) is 6.20. The van der Waals surface area contributed by atoms with Gasteiger partial charge in [0.15, 0.2) is 5.96 Å². The highest BCUT2D eigenvalue weighted by Gasteiger charge is 2.25. The second-order valence-corrected chi connectivity index (χ2v) is 4.17. The van der Waals surface area contributed by atoms with Crippen LogP contribution in [-0.4, -0.2) is 34.2 Å². The molecule has 0 fully saturated rings. The molecule has 15 heavy (non-hydrogen) atoms. The third kappa shape index (κ3) is 1.69. The average Bonchev–Trinajstić information content (AvgIpc) is 2.76. The lowest BCUT2D eigenvalue weighted by Crippen LogP contribution is -2.32. The Morgan fingerprint density at radius 3 is 2.73 bits per heavy atom. The third-order valence-electron chi connectivity index (χ3n) is 2.79. The molecule has 1 unspecified atom stereocenters. The van der Waals surface area contributed by atoms with Gasteiger partial charge < -0.3 is 10.6 Å². The number of aliphatic imine (C=N–C) groups is 1. The Hall–Kier alpha value is -1.52. The van der Waals surface area contributed by atoms with E-state index in [0.717, 1.165) is 6.54 Å². The van der Waals surface area contributed by atoms with Crippen molar-refractivity contribution in [2.24, 2.45) is 10.7 Å². The summed E-state index contributed by atoms with van der Waals surface area (Å²) < 4.78 is 1.96. The van der Waals surface area contributed by atoms with Crippen molar-refractivity contribution in [3.05, 3.63) is 18.0 Å². The quantitative estimate of drug-likeness (QED) is 0.779. The monoisotopic (exact) mass is 207 g/mol. The van der Waals surface area contributed by atoms with Crippen molar-refractivity contribution in [3.8, 4) is 0 Å². The maximum atomic E-state index is 5.72. The van der Waals surface area contributed by atoms with Gasteiger partial charge in [-0.05, 0) is 13.8 Å². The Balaban J connectivity index is 2.17. The summed E-state index contributed by atoms with van der Waals surface area (Å²) in [6, 6.07) is 0.640. The normalized spacial score (nSPS) is 21.2. The zero-order valence-corrected chi connectivity index (χ0v) is 9.38. The SMILES string of the molecule is CC(C)n1cc(C2CN=C(N)N2C)cn1. The maximum Gasteiger partial charge on any atom is 0.191 e. The molecule has 1 aliphatic heterocycles. The molecule has 2 N–H and O–H groups in total. The highest BCUT2D eigenvalue weighted by molar-refractivity contribution is 5.80. The van der Waals surface area contributed by atoms with E-state index in [4.69, 9.17) is 5.73 Å². The molecule has 1 aromatic heterocycles. The van der Waals surface area contributed by atoms with Crippen LogP contribution in [0.15, 0.2) is 17.4 Å². The summed E-state index contributed by atoms with van der Waals surface area (Å²) in [7, 11) is 1.96. The van der Waals surface area contributed by atoms with Crippen LogP contribution >= 0.6 is 0 Å². The molecule has 0 amide bonds. The molecule has 0 aromatic carbocycles. The third-order valence-corrected chi connectivity index (χ3v) is 2.79. The highest BCUT2D eigenvalue weighted by atomic mass is 15.3. The van der Waals surface area contributed by atoms with Gasteiger partial charge in [-0.2, -0.15) is 5.10 Å². The second-order valence-electron chi connectivity index (χ2n) is 4.17. The number of likely N-dealkylation sites (N-methyl/N-ethyl adjacent to an activating group) is 1. The average molecular weight is 207 g/mol. The molecule has 82 valence electrons. The molecule has 5 nitrogen and oxygen atoms in total. The van der Waals surface area contributed by atoms with Crippen LogP contribution in [0.3, 0.4) is 0 Å². The van der Waals surface area contributed by atoms with Crippen LogP contribution in [0.1, 0.15) is 31.5 Å². The van der Waals surface area contributed by atoms with Crippen molar-refractivity contribution < 1.29 is 0 Å². The molecule has 1 aliphatic rings. The van der Waals surface area contributed by atoms with Gasteiger partial charge in [-0.15, -0.1) is 0 Å². The van der Waals surface area contributed by atoms with Gasteiger partial charge in [0.05, 0.1) is 18.8 Å². The smallest absolute Gasteiger partial charge is 0.191 e. The molecule has 1 atom stereocenters. The van der Waals surface area contributed by atoms with E-state index in [1.807, 2.05) is 22.8 Å². The highest BCUT2D eigenvalue weighted by Crippen LogP contribution is 2.23. The topological polar surface area (TPSA) is 59.4 Å². The first-order chi connectivity index (χ1) is 7.09. The number of nitrogens with two attached hydrogens (primary N) is 1. The summed E-state index contributed by atoms with van der Waals surface area (Å²) in [5, 5.41) is 4.32. The predicted molar refractivity (Wildman–Crippen MR) is 59.6 cm³/mol. The van der Waals surface area contributed by atoms with E-state index in [2.05, 4.69) is 30.1 Å². The number of hydrogen-bond donors (Lipinski definition) is 1. The van der Waals surface area contributed by atoms with E-state index >= 15 is 0 Å². The van der Waals surface area contributed by atoms with E-state index in [1.54, 1.807) is 0 Å². The Labute approximate surface area is 89.6 Å². The van der Waals surface area contributed by atoms with Crippen molar-refractivity contribution in [2.75, 3.05) is 13.6 Å². The molecular formula is C10H17N5. The fourth-order valence-corrected chi connectivity index (χ4v) is 1.71. The number of guanidine groups is 1. The summed E-state index contributed by atoms with van der Waals surface area (Å²) >= 11 is 0. The summed E-state index contributed by atoms with van der Waals surface area (Å²) in [6.07, 6.45) is 3.97. The minimum absolute atomic E-state index is 0.248. The van der Waals surface area contributed by atoms with Gasteiger partial charge in [0.1, 0.15) is 0 Å². The first kappa shape index (κ1) is 10.0. The van der Waals surface area contributed by atoms with Gasteiger partial charge in [0.2, 0.25) is 0 Å². The van der Waals surface area contributed by atoms with Crippen LogP contribution in [0.25, 0.3) is 0 Å². The molecule has 0 saturated heterocycles. The summed E-state index contributed by atoms with van der Waals surface area (Å²) in [5.74, 6) is 0.609. The second kappa shape index (κ2) is 3.56. The predicted octanol–water partition coefficient (Wildman–Crippen LogP) is 0.765. The Morgan fingerprint density at radius 2 is 2.27 bits per heavy atom. The molecule has 0 bridgehead atoms. The lowest BCUT2D eigenvalue weighted by atomic mass is 10.1. The van der Waals surface area contributed by atoms with Gasteiger partial charge in [-0.1, -0.05) is 0 Å². The molecule has 2 rings (SSSR count). The minimum atomic E-state index is 0.248. The zero-order valence-electron chi connectivity index (χ0n) is 9.38. The number of aromatic nitrogens is 2. The van der Waals surface area contributed by atoms with Crippen molar-refractivity contribution >= 4 is 5.96 Å². The van der Waals surface area contributed by atoms with Crippen molar-refractivity contribution in [1.29, 1.82) is 0 Å². The fourth-order valence-electron chi connectivity index (χ4n) is 1.71. The van der Waals surface area contributed by atoms with Gasteiger partial charge in [-0.3, -0.25) is 9.67 Å². The molecular weight excluding hydrogens is 190 g/mol. The van der Waals surface area contributed by atoms with E-state index in [-0.39, 0.29) is 6.04 Å². The largest absolute Gasteiger partial charge is 0.370 e. The molecule has 0 saturated carbocycles. The molecule has 0 aliphatic carbocycles.